The van der Waals surface area contributed by atoms with E-state index in [1.54, 1.807) is 54.9 Å². The Kier molecular flexibility index (Phi) is 6.14. The Morgan fingerprint density at radius 3 is 2.61 bits per heavy atom. The van der Waals surface area contributed by atoms with Crippen molar-refractivity contribution in [2.45, 2.75) is 6.54 Å². The fourth-order valence-corrected chi connectivity index (χ4v) is 3.87. The molecule has 3 aromatic heterocycles. The van der Waals surface area contributed by atoms with Gasteiger partial charge in [-0.25, -0.2) is 0 Å². The van der Waals surface area contributed by atoms with E-state index < -0.39 is 5.91 Å². The van der Waals surface area contributed by atoms with E-state index in [0.29, 0.717) is 39.5 Å². The van der Waals surface area contributed by atoms with E-state index >= 15 is 0 Å². The van der Waals surface area contributed by atoms with E-state index in [2.05, 4.69) is 20.4 Å². The summed E-state index contributed by atoms with van der Waals surface area (Å²) in [6.07, 6.45) is 3.27. The van der Waals surface area contributed by atoms with Gasteiger partial charge in [0, 0.05) is 35.5 Å². The fourth-order valence-electron chi connectivity index (χ4n) is 3.87. The van der Waals surface area contributed by atoms with E-state index in [-0.39, 0.29) is 18.0 Å². The van der Waals surface area contributed by atoms with Crippen LogP contribution in [0.1, 0.15) is 0 Å². The Morgan fingerprint density at radius 1 is 1.03 bits per heavy atom. The number of anilines is 1. The first-order valence-corrected chi connectivity index (χ1v) is 11.0. The Balaban J connectivity index is 1.49. The molecule has 5 rings (SSSR count). The summed E-state index contributed by atoms with van der Waals surface area (Å²) >= 11 is 0. The molecule has 0 aliphatic carbocycles. The molecule has 0 aliphatic rings. The molecule has 180 valence electrons. The second-order valence-corrected chi connectivity index (χ2v) is 7.77. The van der Waals surface area contributed by atoms with Gasteiger partial charge in [0.1, 0.15) is 18.0 Å². The van der Waals surface area contributed by atoms with E-state index in [1.807, 2.05) is 12.1 Å². The number of nitrogens with one attached hydrogen (secondary N) is 1. The van der Waals surface area contributed by atoms with Crippen molar-refractivity contribution >= 4 is 22.5 Å². The molecular weight excluding hydrogens is 462 g/mol. The molecule has 0 fully saturated rings. The third kappa shape index (κ3) is 4.39. The second-order valence-electron chi connectivity index (χ2n) is 7.77. The van der Waals surface area contributed by atoms with Crippen LogP contribution >= 0.6 is 0 Å². The first-order chi connectivity index (χ1) is 17.6. The van der Waals surface area contributed by atoms with Crippen LogP contribution in [-0.2, 0) is 11.3 Å². The van der Waals surface area contributed by atoms with Crippen molar-refractivity contribution < 1.29 is 18.8 Å². The standard InChI is InChI=1S/C26H21N5O5/c1-34-17-7-8-22(35-2)20(13-17)28-23(32)15-31-21-6-4-3-5-18(21)19(14-24(31)33)26-29-25(30-36-26)16-9-11-27-12-10-16/h3-14H,15H2,1-2H3,(H,28,32). The smallest absolute Gasteiger partial charge is 0.259 e. The Bertz CT molecular complexity index is 1610. The number of ether oxygens (including phenoxy) is 2. The molecule has 36 heavy (non-hydrogen) atoms. The van der Waals surface area contributed by atoms with Gasteiger partial charge in [0.2, 0.25) is 11.7 Å². The zero-order valence-corrected chi connectivity index (χ0v) is 19.5. The number of fused-ring (bicyclic) bond motifs is 1. The monoisotopic (exact) mass is 483 g/mol. The molecule has 0 spiro atoms. The second kappa shape index (κ2) is 9.71. The van der Waals surface area contributed by atoms with Crippen LogP contribution in [0.25, 0.3) is 33.7 Å². The predicted molar refractivity (Wildman–Crippen MR) is 133 cm³/mol. The first-order valence-electron chi connectivity index (χ1n) is 11.0. The van der Waals surface area contributed by atoms with E-state index in [4.69, 9.17) is 14.0 Å². The lowest BCUT2D eigenvalue weighted by molar-refractivity contribution is -0.116. The molecule has 0 bridgehead atoms. The fraction of sp³-hybridized carbons (Fsp3) is 0.115. The van der Waals surface area contributed by atoms with Gasteiger partial charge >= 0.3 is 0 Å². The minimum absolute atomic E-state index is 0.202. The van der Waals surface area contributed by atoms with Crippen LogP contribution in [0.2, 0.25) is 0 Å². The lowest BCUT2D eigenvalue weighted by Crippen LogP contribution is -2.28. The van der Waals surface area contributed by atoms with Crippen LogP contribution in [0.4, 0.5) is 5.69 Å². The molecule has 10 heteroatoms. The number of pyridine rings is 2. The first kappa shape index (κ1) is 22.8. The highest BCUT2D eigenvalue weighted by atomic mass is 16.5. The summed E-state index contributed by atoms with van der Waals surface area (Å²) in [5.41, 5.74) is 1.82. The summed E-state index contributed by atoms with van der Waals surface area (Å²) in [6.45, 7) is -0.216. The number of hydrogen-bond acceptors (Lipinski definition) is 8. The molecule has 0 saturated heterocycles. The zero-order valence-electron chi connectivity index (χ0n) is 19.5. The summed E-state index contributed by atoms with van der Waals surface area (Å²) in [6, 6.07) is 17.2. The van der Waals surface area contributed by atoms with Gasteiger partial charge in [-0.1, -0.05) is 23.4 Å². The average Bonchev–Trinajstić information content (AvgIpc) is 3.41. The highest BCUT2D eigenvalue weighted by molar-refractivity contribution is 5.96. The normalized spacial score (nSPS) is 10.8. The minimum atomic E-state index is -0.403. The molecule has 3 heterocycles. The SMILES string of the molecule is COc1ccc(OC)c(NC(=O)Cn2c(=O)cc(-c3nc(-c4ccncc4)no3)c3ccccc32)c1. The molecule has 0 unspecified atom stereocenters. The lowest BCUT2D eigenvalue weighted by atomic mass is 10.1. The number of benzene rings is 2. The third-order valence-corrected chi connectivity index (χ3v) is 5.60. The molecule has 0 radical (unpaired) electrons. The van der Waals surface area contributed by atoms with Crippen LogP contribution in [0.15, 0.2) is 82.4 Å². The number of nitrogens with zero attached hydrogens (tertiary/aromatic N) is 4. The van der Waals surface area contributed by atoms with Crippen LogP contribution in [-0.4, -0.2) is 39.8 Å². The molecule has 1 N–H and O–H groups in total. The van der Waals surface area contributed by atoms with E-state index in [9.17, 15) is 9.59 Å². The third-order valence-electron chi connectivity index (χ3n) is 5.60. The van der Waals surface area contributed by atoms with Crippen molar-refractivity contribution in [2.24, 2.45) is 0 Å². The molecule has 0 saturated carbocycles. The summed E-state index contributed by atoms with van der Waals surface area (Å²) < 4.78 is 17.4. The largest absolute Gasteiger partial charge is 0.497 e. The van der Waals surface area contributed by atoms with Crippen LogP contribution < -0.4 is 20.3 Å². The number of carbonyl (C=O) groups is 1. The maximum absolute atomic E-state index is 13.2. The lowest BCUT2D eigenvalue weighted by Gasteiger charge is -2.14. The average molecular weight is 483 g/mol. The van der Waals surface area contributed by atoms with Gasteiger partial charge in [-0.05, 0) is 30.3 Å². The molecule has 0 atom stereocenters. The number of amides is 1. The van der Waals surface area contributed by atoms with Gasteiger partial charge < -0.3 is 19.3 Å². The van der Waals surface area contributed by atoms with Crippen molar-refractivity contribution in [3.05, 3.63) is 83.4 Å². The van der Waals surface area contributed by atoms with Gasteiger partial charge in [-0.3, -0.25) is 19.1 Å². The molecule has 10 nitrogen and oxygen atoms in total. The summed E-state index contributed by atoms with van der Waals surface area (Å²) in [7, 11) is 3.04. The molecule has 1 amide bonds. The Labute approximate surface area is 205 Å². The van der Waals surface area contributed by atoms with Gasteiger partial charge in [0.25, 0.3) is 11.4 Å². The summed E-state index contributed by atoms with van der Waals surface area (Å²) in [4.78, 5) is 34.6. The zero-order chi connectivity index (χ0) is 25.1. The van der Waals surface area contributed by atoms with Gasteiger partial charge in [0.15, 0.2) is 0 Å². The van der Waals surface area contributed by atoms with Gasteiger partial charge in [-0.2, -0.15) is 4.98 Å². The quantitative estimate of drug-likeness (QED) is 0.371. The van der Waals surface area contributed by atoms with Crippen molar-refractivity contribution in [1.82, 2.24) is 19.7 Å². The van der Waals surface area contributed by atoms with Crippen molar-refractivity contribution in [3.8, 4) is 34.3 Å². The highest BCUT2D eigenvalue weighted by Gasteiger charge is 2.18. The minimum Gasteiger partial charge on any atom is -0.497 e. The highest BCUT2D eigenvalue weighted by Crippen LogP contribution is 2.30. The van der Waals surface area contributed by atoms with Gasteiger partial charge in [-0.15, -0.1) is 0 Å². The molecule has 2 aromatic carbocycles. The summed E-state index contributed by atoms with van der Waals surface area (Å²) in [5, 5.41) is 7.52. The number of aromatic nitrogens is 4. The maximum Gasteiger partial charge on any atom is 0.259 e. The number of methoxy groups -OCH3 is 2. The Morgan fingerprint density at radius 2 is 1.83 bits per heavy atom. The number of para-hydroxylation sites is 1. The van der Waals surface area contributed by atoms with Crippen molar-refractivity contribution in [3.63, 3.8) is 0 Å². The van der Waals surface area contributed by atoms with E-state index in [1.165, 1.54) is 24.9 Å². The van der Waals surface area contributed by atoms with Crippen LogP contribution in [0, 0.1) is 0 Å². The van der Waals surface area contributed by atoms with Gasteiger partial charge in [0.05, 0.1) is 31.0 Å². The maximum atomic E-state index is 13.2. The summed E-state index contributed by atoms with van der Waals surface area (Å²) in [5.74, 6) is 1.21. The molecule has 0 aliphatic heterocycles. The van der Waals surface area contributed by atoms with Crippen LogP contribution in [0.3, 0.4) is 0 Å². The van der Waals surface area contributed by atoms with Crippen molar-refractivity contribution in [2.75, 3.05) is 19.5 Å². The number of carbonyl (C=O) groups excluding carboxylic acids is 1. The number of rotatable bonds is 7. The molecule has 5 aromatic rings. The predicted octanol–water partition coefficient (Wildman–Crippen LogP) is 3.77. The van der Waals surface area contributed by atoms with Crippen molar-refractivity contribution in [1.29, 1.82) is 0 Å². The number of hydrogen-bond donors (Lipinski definition) is 1. The van der Waals surface area contributed by atoms with Crippen LogP contribution in [0.5, 0.6) is 11.5 Å². The van der Waals surface area contributed by atoms with E-state index in [0.717, 1.165) is 5.56 Å². The molecular formula is C26H21N5O5. The topological polar surface area (TPSA) is 121 Å². The Hall–Kier alpha value is -4.99.